The van der Waals surface area contributed by atoms with Crippen LogP contribution in [0.3, 0.4) is 0 Å². The van der Waals surface area contributed by atoms with Crippen LogP contribution in [0.15, 0.2) is 53.5 Å². The van der Waals surface area contributed by atoms with Crippen LogP contribution in [0.1, 0.15) is 34.0 Å². The third-order valence-corrected chi connectivity index (χ3v) is 4.22. The lowest BCUT2D eigenvalue weighted by molar-refractivity contribution is -0.137. The Labute approximate surface area is 191 Å². The predicted octanol–water partition coefficient (Wildman–Crippen LogP) is 3.98. The summed E-state index contributed by atoms with van der Waals surface area (Å²) < 4.78 is 37.8. The van der Waals surface area contributed by atoms with Gasteiger partial charge in [-0.3, -0.25) is 9.79 Å². The first-order chi connectivity index (χ1) is 13.8. The van der Waals surface area contributed by atoms with Crippen LogP contribution in [0.2, 0.25) is 0 Å². The number of alkyl halides is 3. The lowest BCUT2D eigenvalue weighted by Gasteiger charge is -2.13. The molecule has 1 amide bonds. The molecule has 0 unspecified atom stereocenters. The zero-order chi connectivity index (χ0) is 21.3. The van der Waals surface area contributed by atoms with Crippen LogP contribution in [0.4, 0.5) is 13.2 Å². The zero-order valence-electron chi connectivity index (χ0n) is 16.8. The first-order valence-electron chi connectivity index (χ1n) is 9.31. The van der Waals surface area contributed by atoms with Crippen molar-refractivity contribution in [1.29, 1.82) is 0 Å². The van der Waals surface area contributed by atoms with E-state index in [1.54, 1.807) is 19.2 Å². The molecule has 0 aliphatic carbocycles. The van der Waals surface area contributed by atoms with E-state index >= 15 is 0 Å². The van der Waals surface area contributed by atoms with Gasteiger partial charge in [0.1, 0.15) is 0 Å². The highest BCUT2D eigenvalue weighted by Gasteiger charge is 2.29. The summed E-state index contributed by atoms with van der Waals surface area (Å²) in [4.78, 5) is 15.9. The summed E-state index contributed by atoms with van der Waals surface area (Å²) >= 11 is 0. The van der Waals surface area contributed by atoms with E-state index in [1.807, 2.05) is 19.1 Å². The maximum atomic E-state index is 12.6. The van der Waals surface area contributed by atoms with Crippen LogP contribution in [0, 0.1) is 0 Å². The van der Waals surface area contributed by atoms with Crippen molar-refractivity contribution in [1.82, 2.24) is 16.0 Å². The van der Waals surface area contributed by atoms with Crippen molar-refractivity contribution < 1.29 is 18.0 Å². The van der Waals surface area contributed by atoms with Gasteiger partial charge in [0.2, 0.25) is 0 Å². The number of rotatable bonds is 7. The summed E-state index contributed by atoms with van der Waals surface area (Å²) in [5.41, 5.74) is 1.75. The number of aliphatic imine (C=N–C) groups is 1. The quantitative estimate of drug-likeness (QED) is 0.286. The molecule has 0 spiro atoms. The van der Waals surface area contributed by atoms with E-state index in [0.29, 0.717) is 37.6 Å². The summed E-state index contributed by atoms with van der Waals surface area (Å²) in [6.07, 6.45) is -3.75. The third-order valence-electron chi connectivity index (χ3n) is 4.22. The number of amides is 1. The number of halogens is 4. The van der Waals surface area contributed by atoms with Crippen molar-refractivity contribution in [2.24, 2.45) is 4.99 Å². The fourth-order valence-corrected chi connectivity index (χ4v) is 2.63. The van der Waals surface area contributed by atoms with Gasteiger partial charge in [0.25, 0.3) is 5.91 Å². The second-order valence-electron chi connectivity index (χ2n) is 6.35. The second-order valence-corrected chi connectivity index (χ2v) is 6.35. The zero-order valence-corrected chi connectivity index (χ0v) is 19.2. The van der Waals surface area contributed by atoms with Crippen LogP contribution >= 0.6 is 24.0 Å². The van der Waals surface area contributed by atoms with Crippen LogP contribution in [-0.4, -0.2) is 32.0 Å². The van der Waals surface area contributed by atoms with Gasteiger partial charge >= 0.3 is 6.18 Å². The number of benzene rings is 2. The molecule has 0 bridgehead atoms. The Kier molecular flexibility index (Phi) is 10.6. The Morgan fingerprint density at radius 2 is 1.53 bits per heavy atom. The Balaban J connectivity index is 0.00000450. The highest BCUT2D eigenvalue weighted by Crippen LogP contribution is 2.29. The molecule has 0 saturated heterocycles. The molecule has 2 aromatic rings. The van der Waals surface area contributed by atoms with E-state index < -0.39 is 11.7 Å². The Morgan fingerprint density at radius 3 is 2.07 bits per heavy atom. The molecule has 0 aliphatic heterocycles. The van der Waals surface area contributed by atoms with Crippen molar-refractivity contribution in [3.05, 3.63) is 70.8 Å². The maximum Gasteiger partial charge on any atom is 0.416 e. The van der Waals surface area contributed by atoms with Crippen molar-refractivity contribution in [2.75, 3.05) is 20.1 Å². The molecule has 5 nitrogen and oxygen atoms in total. The van der Waals surface area contributed by atoms with Gasteiger partial charge in [-0.1, -0.05) is 24.3 Å². The number of carbonyl (C=O) groups excluding carboxylic acids is 1. The molecular formula is C21H26F3IN4O. The topological polar surface area (TPSA) is 65.5 Å². The molecule has 3 N–H and O–H groups in total. The number of nitrogens with one attached hydrogen (secondary N) is 3. The van der Waals surface area contributed by atoms with Gasteiger partial charge in [0.15, 0.2) is 5.96 Å². The fraction of sp³-hybridized carbons (Fsp3) is 0.333. The molecule has 0 heterocycles. The van der Waals surface area contributed by atoms with Gasteiger partial charge in [-0.25, -0.2) is 0 Å². The molecule has 0 atom stereocenters. The first-order valence-corrected chi connectivity index (χ1v) is 9.31. The maximum absolute atomic E-state index is 12.6. The molecule has 0 saturated carbocycles. The SMILES string of the molecule is CCNC(=O)c1ccc(CNC(=NC)NCCc2ccc(C(F)(F)F)cc2)cc1.I. The summed E-state index contributed by atoms with van der Waals surface area (Å²) in [7, 11) is 1.64. The minimum Gasteiger partial charge on any atom is -0.356 e. The number of hydrogen-bond acceptors (Lipinski definition) is 2. The summed E-state index contributed by atoms with van der Waals surface area (Å²) in [5.74, 6) is 0.484. The predicted molar refractivity (Wildman–Crippen MR) is 123 cm³/mol. The number of guanidine groups is 1. The second kappa shape index (κ2) is 12.4. The average Bonchev–Trinajstić information content (AvgIpc) is 2.71. The smallest absolute Gasteiger partial charge is 0.356 e. The van der Waals surface area contributed by atoms with Gasteiger partial charge in [-0.05, 0) is 48.7 Å². The lowest BCUT2D eigenvalue weighted by atomic mass is 10.1. The Bertz CT molecular complexity index is 822. The van der Waals surface area contributed by atoms with E-state index in [1.165, 1.54) is 12.1 Å². The molecule has 2 aromatic carbocycles. The number of carbonyl (C=O) groups is 1. The van der Waals surface area contributed by atoms with E-state index in [4.69, 9.17) is 0 Å². The van der Waals surface area contributed by atoms with E-state index in [0.717, 1.165) is 23.3 Å². The van der Waals surface area contributed by atoms with Gasteiger partial charge < -0.3 is 16.0 Å². The molecule has 0 aromatic heterocycles. The van der Waals surface area contributed by atoms with E-state index in [2.05, 4.69) is 20.9 Å². The number of hydrogen-bond donors (Lipinski definition) is 3. The average molecular weight is 534 g/mol. The molecule has 9 heteroatoms. The largest absolute Gasteiger partial charge is 0.416 e. The molecule has 2 rings (SSSR count). The highest BCUT2D eigenvalue weighted by atomic mass is 127. The van der Waals surface area contributed by atoms with Crippen molar-refractivity contribution in [3.63, 3.8) is 0 Å². The first kappa shape index (κ1) is 25.7. The van der Waals surface area contributed by atoms with Crippen molar-refractivity contribution >= 4 is 35.8 Å². The van der Waals surface area contributed by atoms with Crippen molar-refractivity contribution in [2.45, 2.75) is 26.1 Å². The minimum atomic E-state index is -4.32. The normalized spacial score (nSPS) is 11.4. The molecular weight excluding hydrogens is 508 g/mol. The van der Waals surface area contributed by atoms with Crippen molar-refractivity contribution in [3.8, 4) is 0 Å². The molecule has 0 radical (unpaired) electrons. The summed E-state index contributed by atoms with van der Waals surface area (Å²) in [5, 5.41) is 9.04. The standard InChI is InChI=1S/C21H25F3N4O.HI/c1-3-26-19(29)17-8-4-16(5-9-17)14-28-20(25-2)27-13-12-15-6-10-18(11-7-15)21(22,23)24;/h4-11H,3,12-14H2,1-2H3,(H,26,29)(H2,25,27,28);1H. The van der Waals surface area contributed by atoms with E-state index in [9.17, 15) is 18.0 Å². The third kappa shape index (κ3) is 8.21. The highest BCUT2D eigenvalue weighted by molar-refractivity contribution is 14.0. The lowest BCUT2D eigenvalue weighted by Crippen LogP contribution is -2.37. The van der Waals surface area contributed by atoms with Crippen LogP contribution in [0.25, 0.3) is 0 Å². The van der Waals surface area contributed by atoms with Crippen LogP contribution in [-0.2, 0) is 19.1 Å². The summed E-state index contributed by atoms with van der Waals surface area (Å²) in [6.45, 7) is 3.50. The van der Waals surface area contributed by atoms with Crippen LogP contribution < -0.4 is 16.0 Å². The van der Waals surface area contributed by atoms with Gasteiger partial charge in [-0.15, -0.1) is 24.0 Å². The summed E-state index contributed by atoms with van der Waals surface area (Å²) in [6, 6.07) is 12.4. The molecule has 0 fully saturated rings. The van der Waals surface area contributed by atoms with Gasteiger partial charge in [0, 0.05) is 32.2 Å². The molecule has 30 heavy (non-hydrogen) atoms. The Hall–Kier alpha value is -2.30. The molecule has 164 valence electrons. The van der Waals surface area contributed by atoms with E-state index in [-0.39, 0.29) is 29.9 Å². The molecule has 0 aliphatic rings. The van der Waals surface area contributed by atoms with Crippen LogP contribution in [0.5, 0.6) is 0 Å². The minimum absolute atomic E-state index is 0. The van der Waals surface area contributed by atoms with Gasteiger partial charge in [0.05, 0.1) is 5.56 Å². The Morgan fingerprint density at radius 1 is 0.933 bits per heavy atom. The van der Waals surface area contributed by atoms with Gasteiger partial charge in [-0.2, -0.15) is 13.2 Å². The fourth-order valence-electron chi connectivity index (χ4n) is 2.63. The monoisotopic (exact) mass is 534 g/mol. The number of nitrogens with zero attached hydrogens (tertiary/aromatic N) is 1.